The minimum absolute atomic E-state index is 0.0169. The molecule has 2 aromatic rings. The molecule has 0 aliphatic rings. The number of aromatic amines is 1. The first kappa shape index (κ1) is 12.9. The number of aromatic nitrogens is 2. The van der Waals surface area contributed by atoms with Crippen LogP contribution in [-0.2, 0) is 0 Å². The number of hydrogen-bond donors (Lipinski definition) is 2. The van der Waals surface area contributed by atoms with Gasteiger partial charge in [0.2, 0.25) is 0 Å². The van der Waals surface area contributed by atoms with E-state index in [2.05, 4.69) is 15.3 Å². The average Bonchev–Trinajstić information content (AvgIpc) is 2.31. The van der Waals surface area contributed by atoms with Gasteiger partial charge in [-0.05, 0) is 22.6 Å². The van der Waals surface area contributed by atoms with Gasteiger partial charge in [-0.25, -0.2) is 18.2 Å². The van der Waals surface area contributed by atoms with Crippen LogP contribution in [0.15, 0.2) is 23.3 Å². The van der Waals surface area contributed by atoms with E-state index in [1.807, 2.05) is 0 Å². The maximum atomic E-state index is 13.4. The molecule has 0 saturated heterocycles. The van der Waals surface area contributed by atoms with Gasteiger partial charge in [0, 0.05) is 12.1 Å². The van der Waals surface area contributed by atoms with Crippen LogP contribution in [0.4, 0.5) is 24.7 Å². The molecule has 94 valence electrons. The second kappa shape index (κ2) is 4.96. The van der Waals surface area contributed by atoms with Gasteiger partial charge in [0.15, 0.2) is 17.5 Å². The average molecular weight is 367 g/mol. The standard InChI is InChI=1S/C10H5F3IN3O/c11-4-1-5(12)7(13)6(2-4)17-9-8(14)10(18)16-3-15-9/h1-3H,(H2,15,16,17,18). The fourth-order valence-corrected chi connectivity index (χ4v) is 1.67. The van der Waals surface area contributed by atoms with E-state index in [1.165, 1.54) is 0 Å². The number of halogens is 4. The van der Waals surface area contributed by atoms with Gasteiger partial charge in [-0.15, -0.1) is 0 Å². The Bertz CT molecular complexity index is 659. The summed E-state index contributed by atoms with van der Waals surface area (Å²) in [6, 6.07) is 1.20. The summed E-state index contributed by atoms with van der Waals surface area (Å²) in [5.74, 6) is -3.48. The zero-order valence-electron chi connectivity index (χ0n) is 8.60. The van der Waals surface area contributed by atoms with Crippen LogP contribution >= 0.6 is 22.6 Å². The van der Waals surface area contributed by atoms with Crippen LogP contribution in [0, 0.1) is 21.0 Å². The van der Waals surface area contributed by atoms with E-state index in [4.69, 9.17) is 0 Å². The maximum absolute atomic E-state index is 13.4. The fourth-order valence-electron chi connectivity index (χ4n) is 1.24. The Morgan fingerprint density at radius 2 is 2.00 bits per heavy atom. The van der Waals surface area contributed by atoms with Crippen LogP contribution in [0.2, 0.25) is 0 Å². The lowest BCUT2D eigenvalue weighted by Crippen LogP contribution is -2.13. The molecule has 8 heteroatoms. The van der Waals surface area contributed by atoms with E-state index in [1.54, 1.807) is 22.6 Å². The number of anilines is 2. The van der Waals surface area contributed by atoms with Crippen LogP contribution in [0.5, 0.6) is 0 Å². The molecular formula is C10H5F3IN3O. The van der Waals surface area contributed by atoms with Crippen molar-refractivity contribution in [3.8, 4) is 0 Å². The van der Waals surface area contributed by atoms with E-state index in [0.29, 0.717) is 6.07 Å². The summed E-state index contributed by atoms with van der Waals surface area (Å²) in [6.07, 6.45) is 1.10. The first-order valence-corrected chi connectivity index (χ1v) is 5.71. The second-order valence-corrected chi connectivity index (χ2v) is 4.35. The van der Waals surface area contributed by atoms with Gasteiger partial charge in [0.1, 0.15) is 9.39 Å². The number of nitrogens with one attached hydrogen (secondary N) is 2. The highest BCUT2D eigenvalue weighted by molar-refractivity contribution is 14.1. The summed E-state index contributed by atoms with van der Waals surface area (Å²) >= 11 is 1.68. The van der Waals surface area contributed by atoms with Crippen molar-refractivity contribution in [3.05, 3.63) is 49.8 Å². The third-order valence-corrected chi connectivity index (χ3v) is 3.04. The van der Waals surface area contributed by atoms with Crippen LogP contribution in [0.3, 0.4) is 0 Å². The van der Waals surface area contributed by atoms with E-state index >= 15 is 0 Å². The van der Waals surface area contributed by atoms with Crippen molar-refractivity contribution in [2.75, 3.05) is 5.32 Å². The van der Waals surface area contributed by atoms with Gasteiger partial charge in [0.25, 0.3) is 5.56 Å². The number of hydrogen-bond acceptors (Lipinski definition) is 3. The molecule has 0 bridgehead atoms. The van der Waals surface area contributed by atoms with Gasteiger partial charge < -0.3 is 10.3 Å². The molecule has 0 spiro atoms. The molecule has 0 atom stereocenters. The molecule has 18 heavy (non-hydrogen) atoms. The molecule has 0 amide bonds. The van der Waals surface area contributed by atoms with Gasteiger partial charge in [-0.1, -0.05) is 0 Å². The van der Waals surface area contributed by atoms with Crippen molar-refractivity contribution in [2.24, 2.45) is 0 Å². The van der Waals surface area contributed by atoms with Gasteiger partial charge in [0.05, 0.1) is 12.0 Å². The smallest absolute Gasteiger partial charge is 0.266 e. The Morgan fingerprint density at radius 3 is 2.72 bits per heavy atom. The molecule has 4 nitrogen and oxygen atoms in total. The molecule has 0 fully saturated rings. The Labute approximate surface area is 112 Å². The van der Waals surface area contributed by atoms with E-state index in [-0.39, 0.29) is 9.39 Å². The second-order valence-electron chi connectivity index (χ2n) is 3.27. The van der Waals surface area contributed by atoms with Crippen LogP contribution in [0.25, 0.3) is 0 Å². The zero-order chi connectivity index (χ0) is 13.3. The van der Waals surface area contributed by atoms with E-state index in [0.717, 1.165) is 12.4 Å². The summed E-state index contributed by atoms with van der Waals surface area (Å²) in [5, 5.41) is 2.37. The highest BCUT2D eigenvalue weighted by Gasteiger charge is 2.13. The highest BCUT2D eigenvalue weighted by atomic mass is 127. The van der Waals surface area contributed by atoms with Gasteiger partial charge in [-0.2, -0.15) is 0 Å². The first-order chi connectivity index (χ1) is 8.49. The number of benzene rings is 1. The summed E-state index contributed by atoms with van der Waals surface area (Å²) in [6.45, 7) is 0. The summed E-state index contributed by atoms with van der Waals surface area (Å²) in [5.41, 5.74) is -0.867. The lowest BCUT2D eigenvalue weighted by Gasteiger charge is -2.08. The van der Waals surface area contributed by atoms with Crippen molar-refractivity contribution in [1.82, 2.24) is 9.97 Å². The molecule has 2 rings (SSSR count). The molecule has 0 saturated carbocycles. The number of rotatable bonds is 2. The van der Waals surface area contributed by atoms with E-state index < -0.39 is 28.7 Å². The lowest BCUT2D eigenvalue weighted by molar-refractivity contribution is 0.498. The molecule has 0 aliphatic heterocycles. The van der Waals surface area contributed by atoms with Crippen LogP contribution in [-0.4, -0.2) is 9.97 Å². The molecule has 0 aliphatic carbocycles. The molecule has 0 radical (unpaired) electrons. The quantitative estimate of drug-likeness (QED) is 0.634. The van der Waals surface area contributed by atoms with Crippen LogP contribution in [0.1, 0.15) is 0 Å². The number of H-pyrrole nitrogens is 1. The van der Waals surface area contributed by atoms with Crippen molar-refractivity contribution >= 4 is 34.1 Å². The third kappa shape index (κ3) is 2.47. The molecular weight excluding hydrogens is 362 g/mol. The lowest BCUT2D eigenvalue weighted by atomic mass is 10.3. The zero-order valence-corrected chi connectivity index (χ0v) is 10.8. The minimum Gasteiger partial charge on any atom is -0.337 e. The van der Waals surface area contributed by atoms with Crippen molar-refractivity contribution in [3.63, 3.8) is 0 Å². The van der Waals surface area contributed by atoms with Crippen LogP contribution < -0.4 is 10.9 Å². The minimum atomic E-state index is -1.32. The summed E-state index contributed by atoms with van der Waals surface area (Å²) in [4.78, 5) is 17.3. The number of nitrogens with zero attached hydrogens (tertiary/aromatic N) is 1. The van der Waals surface area contributed by atoms with Gasteiger partial charge >= 0.3 is 0 Å². The molecule has 2 N–H and O–H groups in total. The highest BCUT2D eigenvalue weighted by Crippen LogP contribution is 2.23. The fraction of sp³-hybridized carbons (Fsp3) is 0. The predicted octanol–water partition coefficient (Wildman–Crippen LogP) is 2.54. The Hall–Kier alpha value is -1.58. The van der Waals surface area contributed by atoms with E-state index in [9.17, 15) is 18.0 Å². The Morgan fingerprint density at radius 1 is 1.28 bits per heavy atom. The molecule has 1 heterocycles. The Balaban J connectivity index is 2.46. The molecule has 1 aromatic carbocycles. The van der Waals surface area contributed by atoms with Crippen molar-refractivity contribution in [2.45, 2.75) is 0 Å². The maximum Gasteiger partial charge on any atom is 0.266 e. The monoisotopic (exact) mass is 367 g/mol. The first-order valence-electron chi connectivity index (χ1n) is 4.64. The predicted molar refractivity (Wildman–Crippen MR) is 67.2 cm³/mol. The van der Waals surface area contributed by atoms with Crippen molar-refractivity contribution in [1.29, 1.82) is 0 Å². The summed E-state index contributed by atoms with van der Waals surface area (Å²) in [7, 11) is 0. The normalized spacial score (nSPS) is 10.4. The van der Waals surface area contributed by atoms with Crippen molar-refractivity contribution < 1.29 is 13.2 Å². The molecule has 1 aromatic heterocycles. The summed E-state index contributed by atoms with van der Waals surface area (Å²) < 4.78 is 39.5. The topological polar surface area (TPSA) is 57.8 Å². The largest absolute Gasteiger partial charge is 0.337 e. The third-order valence-electron chi connectivity index (χ3n) is 2.04. The molecule has 0 unspecified atom stereocenters. The SMILES string of the molecule is O=c1[nH]cnc(Nc2cc(F)cc(F)c2F)c1I. The van der Waals surface area contributed by atoms with Gasteiger partial charge in [-0.3, -0.25) is 4.79 Å². The Kier molecular flexibility index (Phi) is 3.55.